The maximum atomic E-state index is 14.2. The van der Waals surface area contributed by atoms with Crippen LogP contribution in [0.3, 0.4) is 0 Å². The van der Waals surface area contributed by atoms with E-state index in [1.807, 2.05) is 0 Å². The average molecular weight is 340 g/mol. The van der Waals surface area contributed by atoms with E-state index >= 15 is 0 Å². The lowest BCUT2D eigenvalue weighted by molar-refractivity contribution is 0.0792. The number of halogens is 1. The highest BCUT2D eigenvalue weighted by Gasteiger charge is 2.28. The summed E-state index contributed by atoms with van der Waals surface area (Å²) in [4.78, 5) is 19.1. The fourth-order valence-corrected chi connectivity index (χ4v) is 3.21. The van der Waals surface area contributed by atoms with E-state index in [9.17, 15) is 9.18 Å². The zero-order chi connectivity index (χ0) is 17.6. The van der Waals surface area contributed by atoms with Crippen LogP contribution in [0, 0.1) is 12.7 Å². The Morgan fingerprint density at radius 2 is 2.20 bits per heavy atom. The van der Waals surface area contributed by atoms with Crippen LogP contribution in [0.1, 0.15) is 22.5 Å². The number of hydrogen-bond donors (Lipinski definition) is 1. The summed E-state index contributed by atoms with van der Waals surface area (Å²) in [5.41, 5.74) is 7.79. The number of likely N-dealkylation sites (tertiary alicyclic amines) is 1. The second-order valence-corrected chi connectivity index (χ2v) is 6.28. The maximum Gasteiger partial charge on any atom is 0.259 e. The lowest BCUT2D eigenvalue weighted by atomic mass is 10.0. The zero-order valence-electron chi connectivity index (χ0n) is 13.7. The van der Waals surface area contributed by atoms with Crippen molar-refractivity contribution < 1.29 is 13.7 Å². The molecule has 1 unspecified atom stereocenters. The molecule has 7 heteroatoms. The van der Waals surface area contributed by atoms with Gasteiger partial charge in [-0.05, 0) is 31.5 Å². The molecule has 25 heavy (non-hydrogen) atoms. The minimum Gasteiger partial charge on any atom is -0.337 e. The van der Waals surface area contributed by atoms with Gasteiger partial charge in [-0.15, -0.1) is 0 Å². The summed E-state index contributed by atoms with van der Waals surface area (Å²) >= 11 is 0. The van der Waals surface area contributed by atoms with Crippen LogP contribution in [0.15, 0.2) is 34.9 Å². The van der Waals surface area contributed by atoms with Crippen LogP contribution in [0.5, 0.6) is 0 Å². The fourth-order valence-electron chi connectivity index (χ4n) is 3.21. The second-order valence-electron chi connectivity index (χ2n) is 6.28. The quantitative estimate of drug-likeness (QED) is 0.775. The number of aromatic nitrogens is 2. The summed E-state index contributed by atoms with van der Waals surface area (Å²) in [5.74, 6) is -0.573. The van der Waals surface area contributed by atoms with Crippen molar-refractivity contribution in [2.45, 2.75) is 19.4 Å². The number of aryl methyl sites for hydroxylation is 1. The van der Waals surface area contributed by atoms with E-state index in [1.165, 1.54) is 6.07 Å². The van der Waals surface area contributed by atoms with Crippen LogP contribution in [0.4, 0.5) is 4.39 Å². The van der Waals surface area contributed by atoms with Crippen molar-refractivity contribution in [1.82, 2.24) is 15.0 Å². The number of nitrogens with two attached hydrogens (primary N) is 1. The number of carbonyl (C=O) groups excluding carboxylic acids is 1. The smallest absolute Gasteiger partial charge is 0.259 e. The first-order chi connectivity index (χ1) is 12.0. The van der Waals surface area contributed by atoms with Crippen molar-refractivity contribution in [3.63, 3.8) is 0 Å². The summed E-state index contributed by atoms with van der Waals surface area (Å²) in [6, 6.07) is 7.89. The molecule has 1 aromatic carbocycles. The van der Waals surface area contributed by atoms with E-state index in [0.717, 1.165) is 6.42 Å². The summed E-state index contributed by atoms with van der Waals surface area (Å²) in [5, 5.41) is 4.47. The standard InChI is InChI=1S/C18H17FN4O2/c1-10-16-13(18(24)23-7-6-11(20)9-23)8-15(21-17(16)25-22-10)12-4-2-3-5-14(12)19/h2-5,8,11H,6-7,9,20H2,1H3. The predicted molar refractivity (Wildman–Crippen MR) is 90.4 cm³/mol. The Labute approximate surface area is 143 Å². The average Bonchev–Trinajstić information content (AvgIpc) is 3.20. The Morgan fingerprint density at radius 3 is 2.92 bits per heavy atom. The third kappa shape index (κ3) is 2.66. The molecule has 0 aliphatic carbocycles. The van der Waals surface area contributed by atoms with Gasteiger partial charge in [0.05, 0.1) is 22.3 Å². The van der Waals surface area contributed by atoms with E-state index in [0.29, 0.717) is 41.0 Å². The minimum absolute atomic E-state index is 0.0177. The van der Waals surface area contributed by atoms with Crippen LogP contribution in [0.25, 0.3) is 22.4 Å². The molecule has 1 aliphatic rings. The minimum atomic E-state index is -0.410. The van der Waals surface area contributed by atoms with Crippen molar-refractivity contribution >= 4 is 17.0 Å². The fraction of sp³-hybridized carbons (Fsp3) is 0.278. The van der Waals surface area contributed by atoms with E-state index < -0.39 is 5.82 Å². The van der Waals surface area contributed by atoms with Crippen LogP contribution in [0.2, 0.25) is 0 Å². The van der Waals surface area contributed by atoms with Crippen LogP contribution >= 0.6 is 0 Å². The maximum absolute atomic E-state index is 14.2. The predicted octanol–water partition coefficient (Wildman–Crippen LogP) is 2.51. The molecule has 2 aromatic heterocycles. The van der Waals surface area contributed by atoms with Gasteiger partial charge < -0.3 is 15.2 Å². The van der Waals surface area contributed by atoms with Gasteiger partial charge in [0.2, 0.25) is 0 Å². The molecule has 1 amide bonds. The first kappa shape index (κ1) is 15.7. The van der Waals surface area contributed by atoms with E-state index in [2.05, 4.69) is 10.1 Å². The number of amides is 1. The molecule has 1 fully saturated rings. The lowest BCUT2D eigenvalue weighted by Crippen LogP contribution is -2.32. The molecule has 128 valence electrons. The molecule has 3 aromatic rings. The van der Waals surface area contributed by atoms with E-state index in [4.69, 9.17) is 10.3 Å². The van der Waals surface area contributed by atoms with Gasteiger partial charge in [0.25, 0.3) is 11.6 Å². The van der Waals surface area contributed by atoms with Crippen LogP contribution in [-0.4, -0.2) is 40.1 Å². The van der Waals surface area contributed by atoms with Crippen molar-refractivity contribution in [3.8, 4) is 11.3 Å². The largest absolute Gasteiger partial charge is 0.337 e. The molecular formula is C18H17FN4O2. The summed E-state index contributed by atoms with van der Waals surface area (Å²) in [6.45, 7) is 2.86. The zero-order valence-corrected chi connectivity index (χ0v) is 13.7. The van der Waals surface area contributed by atoms with Gasteiger partial charge in [-0.1, -0.05) is 17.3 Å². The number of carbonyl (C=O) groups is 1. The first-order valence-corrected chi connectivity index (χ1v) is 8.11. The highest BCUT2D eigenvalue weighted by molar-refractivity contribution is 6.07. The molecule has 4 rings (SSSR count). The van der Waals surface area contributed by atoms with Crippen molar-refractivity contribution in [1.29, 1.82) is 0 Å². The molecule has 0 spiro atoms. The molecule has 3 heterocycles. The Kier molecular flexibility index (Phi) is 3.73. The summed E-state index contributed by atoms with van der Waals surface area (Å²) in [6.07, 6.45) is 0.767. The molecule has 0 bridgehead atoms. The topological polar surface area (TPSA) is 85.2 Å². The van der Waals surface area contributed by atoms with Crippen molar-refractivity contribution in [2.24, 2.45) is 5.73 Å². The highest BCUT2D eigenvalue weighted by Crippen LogP contribution is 2.29. The number of rotatable bonds is 2. The van der Waals surface area contributed by atoms with E-state index in [1.54, 1.807) is 36.1 Å². The Bertz CT molecular complexity index is 969. The molecule has 0 radical (unpaired) electrons. The highest BCUT2D eigenvalue weighted by atomic mass is 19.1. The third-order valence-corrected chi connectivity index (χ3v) is 4.51. The van der Waals surface area contributed by atoms with Crippen molar-refractivity contribution in [2.75, 3.05) is 13.1 Å². The molecular weight excluding hydrogens is 323 g/mol. The Morgan fingerprint density at radius 1 is 1.40 bits per heavy atom. The van der Waals surface area contributed by atoms with Gasteiger partial charge >= 0.3 is 0 Å². The molecule has 1 saturated heterocycles. The SMILES string of the molecule is Cc1noc2nc(-c3ccccc3F)cc(C(=O)N3CCC(N)C3)c12. The second kappa shape index (κ2) is 5.93. The lowest BCUT2D eigenvalue weighted by Gasteiger charge is -2.17. The van der Waals surface area contributed by atoms with Gasteiger partial charge in [-0.2, -0.15) is 0 Å². The number of nitrogens with zero attached hydrogens (tertiary/aromatic N) is 3. The molecule has 2 N–H and O–H groups in total. The van der Waals surface area contributed by atoms with Gasteiger partial charge in [0.1, 0.15) is 5.82 Å². The number of pyridine rings is 1. The molecule has 0 saturated carbocycles. The van der Waals surface area contributed by atoms with E-state index in [-0.39, 0.29) is 17.7 Å². The number of hydrogen-bond acceptors (Lipinski definition) is 5. The van der Waals surface area contributed by atoms with Crippen LogP contribution < -0.4 is 5.73 Å². The Balaban J connectivity index is 1.88. The normalized spacial score (nSPS) is 17.4. The first-order valence-electron chi connectivity index (χ1n) is 8.11. The number of benzene rings is 1. The Hall–Kier alpha value is -2.80. The number of fused-ring (bicyclic) bond motifs is 1. The summed E-state index contributed by atoms with van der Waals surface area (Å²) in [7, 11) is 0. The van der Waals surface area contributed by atoms with Crippen LogP contribution in [-0.2, 0) is 0 Å². The van der Waals surface area contributed by atoms with Gasteiger partial charge in [-0.25, -0.2) is 9.37 Å². The van der Waals surface area contributed by atoms with Gasteiger partial charge in [-0.3, -0.25) is 4.79 Å². The van der Waals surface area contributed by atoms with Crippen molar-refractivity contribution in [3.05, 3.63) is 47.4 Å². The monoisotopic (exact) mass is 340 g/mol. The molecule has 1 atom stereocenters. The third-order valence-electron chi connectivity index (χ3n) is 4.51. The van der Waals surface area contributed by atoms with Gasteiger partial charge in [0, 0.05) is 24.7 Å². The molecule has 6 nitrogen and oxygen atoms in total. The van der Waals surface area contributed by atoms with Gasteiger partial charge in [0.15, 0.2) is 0 Å². The molecule has 1 aliphatic heterocycles. The summed E-state index contributed by atoms with van der Waals surface area (Å²) < 4.78 is 19.4.